The minimum atomic E-state index is -4.34. The molecule has 3 unspecified atom stereocenters. The van der Waals surface area contributed by atoms with Gasteiger partial charge in [-0.2, -0.15) is 5.09 Å². The van der Waals surface area contributed by atoms with Gasteiger partial charge in [0.25, 0.3) is 0 Å². The van der Waals surface area contributed by atoms with Gasteiger partial charge in [-0.1, -0.05) is 62.4 Å². The van der Waals surface area contributed by atoms with Gasteiger partial charge in [-0.25, -0.2) is 19.5 Å². The number of anilines is 1. The number of ether oxygens (including phenoxy) is 2. The molecule has 44 heavy (non-hydrogen) atoms. The smallest absolute Gasteiger partial charge is 0.459 e. The first kappa shape index (κ1) is 31.8. The molecule has 1 aliphatic heterocycles. The van der Waals surface area contributed by atoms with Crippen molar-refractivity contribution in [1.82, 2.24) is 24.6 Å². The van der Waals surface area contributed by atoms with E-state index in [1.807, 2.05) is 30.3 Å². The van der Waals surface area contributed by atoms with Crippen LogP contribution in [-0.4, -0.2) is 66.7 Å². The fourth-order valence-electron chi connectivity index (χ4n) is 4.55. The maximum absolute atomic E-state index is 14.2. The van der Waals surface area contributed by atoms with Gasteiger partial charge in [0.05, 0.1) is 6.61 Å². The Kier molecular flexibility index (Phi) is 9.81. The molecule has 0 spiro atoms. The number of nitrogens with zero attached hydrogens (tertiary/aromatic N) is 4. The Bertz CT molecular complexity index is 1630. The van der Waals surface area contributed by atoms with Gasteiger partial charge in [-0.05, 0) is 35.2 Å². The van der Waals surface area contributed by atoms with E-state index < -0.39 is 50.9 Å². The molecule has 4 aromatic rings. The van der Waals surface area contributed by atoms with Crippen LogP contribution in [0.2, 0.25) is 5.28 Å². The number of nitrogen functional groups attached to an aromatic ring is 1. The highest BCUT2D eigenvalue weighted by atomic mass is 35.5. The van der Waals surface area contributed by atoms with Crippen molar-refractivity contribution >= 4 is 42.3 Å². The highest BCUT2D eigenvalue weighted by Gasteiger charge is 2.47. The minimum absolute atomic E-state index is 0.0126. The van der Waals surface area contributed by atoms with Crippen LogP contribution in [0.4, 0.5) is 5.82 Å². The van der Waals surface area contributed by atoms with Gasteiger partial charge in [0.1, 0.15) is 43.0 Å². The molecule has 0 amide bonds. The summed E-state index contributed by atoms with van der Waals surface area (Å²) in [6.45, 7) is 2.99. The molecule has 0 radical (unpaired) electrons. The van der Waals surface area contributed by atoms with Crippen LogP contribution < -0.4 is 15.3 Å². The number of aliphatic hydroxyl groups excluding tert-OH is 2. The Labute approximate surface area is 257 Å². The fourth-order valence-corrected chi connectivity index (χ4v) is 6.48. The summed E-state index contributed by atoms with van der Waals surface area (Å²) < 4.78 is 38.3. The van der Waals surface area contributed by atoms with E-state index in [0.717, 1.165) is 5.56 Å². The molecule has 0 aliphatic carbocycles. The lowest BCUT2D eigenvalue weighted by Gasteiger charge is -2.27. The van der Waals surface area contributed by atoms with Gasteiger partial charge in [0.15, 0.2) is 23.2 Å². The number of nitrogens with one attached hydrogen (secondary N) is 1. The maximum Gasteiger partial charge on any atom is 0.459 e. The number of halogens is 1. The number of esters is 1. The average molecular weight is 647 g/mol. The summed E-state index contributed by atoms with van der Waals surface area (Å²) in [5.41, 5.74) is 7.02. The number of aliphatic hydroxyl groups is 2. The number of benzene rings is 2. The predicted octanol–water partition coefficient (Wildman–Crippen LogP) is 3.24. The molecular weight excluding hydrogens is 615 g/mol. The van der Waals surface area contributed by atoms with Crippen molar-refractivity contribution in [2.45, 2.75) is 51.0 Å². The summed E-state index contributed by atoms with van der Waals surface area (Å²) in [4.78, 5) is 25.3. The second-order valence-corrected chi connectivity index (χ2v) is 12.4. The van der Waals surface area contributed by atoms with E-state index in [2.05, 4.69) is 20.0 Å². The number of nitrogens with two attached hydrogens (primary N) is 1. The third-order valence-corrected chi connectivity index (χ3v) is 8.67. The largest absolute Gasteiger partial charge is 0.460 e. The molecule has 1 aliphatic rings. The van der Waals surface area contributed by atoms with Crippen LogP contribution in [0.5, 0.6) is 5.75 Å². The monoisotopic (exact) mass is 646 g/mol. The summed E-state index contributed by atoms with van der Waals surface area (Å²) in [7, 11) is -4.34. The summed E-state index contributed by atoms with van der Waals surface area (Å²) in [6.07, 6.45) is -4.27. The lowest BCUT2D eigenvalue weighted by Crippen LogP contribution is -2.42. The van der Waals surface area contributed by atoms with Crippen molar-refractivity contribution in [3.05, 3.63) is 77.8 Å². The molecule has 6 atom stereocenters. The molecule has 16 heteroatoms. The van der Waals surface area contributed by atoms with Crippen LogP contribution in [0, 0.1) is 5.92 Å². The molecule has 5 N–H and O–H groups in total. The van der Waals surface area contributed by atoms with E-state index in [0.29, 0.717) is 0 Å². The number of carbonyl (C=O) groups excluding carboxylic acids is 1. The molecule has 5 rings (SSSR count). The highest BCUT2D eigenvalue weighted by Crippen LogP contribution is 2.47. The first-order chi connectivity index (χ1) is 21.1. The lowest BCUT2D eigenvalue weighted by atomic mass is 10.1. The topological polar surface area (TPSA) is 193 Å². The minimum Gasteiger partial charge on any atom is -0.460 e. The predicted molar refractivity (Wildman–Crippen MR) is 159 cm³/mol. The number of rotatable bonds is 12. The zero-order valence-electron chi connectivity index (χ0n) is 23.8. The summed E-state index contributed by atoms with van der Waals surface area (Å²) in [5.74, 6) is -0.793. The molecule has 1 fully saturated rings. The number of hydrogen-bond acceptors (Lipinski definition) is 12. The van der Waals surface area contributed by atoms with Gasteiger partial charge in [0.2, 0.25) is 5.28 Å². The standard InChI is InChI=1S/C28H32ClN6O8P/c1-16(2)20(27(38)40-13-17-9-5-3-6-10-17)34-44(39,43-18-11-7-4-8-12-18)41-14-19-22(36)23(37)26(42-19)35-25-21(33-28(35)29)24(30)31-15-32-25/h3-12,15-16,19-20,22-23,26,36-37H,13-14H2,1-2H3,(H,34,39)(H2,30,31,32)/t19-,20+,22?,23?,26-,44?/m1/s1. The van der Waals surface area contributed by atoms with Crippen molar-refractivity contribution in [2.24, 2.45) is 5.92 Å². The normalized spacial score (nSPS) is 22.1. The van der Waals surface area contributed by atoms with Gasteiger partial charge >= 0.3 is 13.7 Å². The van der Waals surface area contributed by atoms with E-state index in [1.54, 1.807) is 44.2 Å². The fraction of sp³-hybridized carbons (Fsp3) is 0.357. The van der Waals surface area contributed by atoms with Crippen LogP contribution >= 0.6 is 19.3 Å². The highest BCUT2D eigenvalue weighted by molar-refractivity contribution is 7.52. The quantitative estimate of drug-likeness (QED) is 0.0996. The average Bonchev–Trinajstić information content (AvgIpc) is 3.49. The van der Waals surface area contributed by atoms with E-state index in [1.165, 1.54) is 10.9 Å². The molecule has 234 valence electrons. The first-order valence-electron chi connectivity index (χ1n) is 13.7. The van der Waals surface area contributed by atoms with Crippen molar-refractivity contribution in [2.75, 3.05) is 12.3 Å². The van der Waals surface area contributed by atoms with Crippen molar-refractivity contribution in [3.8, 4) is 5.75 Å². The van der Waals surface area contributed by atoms with Crippen molar-refractivity contribution < 1.29 is 38.1 Å². The van der Waals surface area contributed by atoms with E-state index in [-0.39, 0.29) is 40.5 Å². The number of carbonyl (C=O) groups is 1. The molecule has 3 heterocycles. The Morgan fingerprint density at radius 2 is 1.80 bits per heavy atom. The SMILES string of the molecule is CC(C)[C@H](NP(=O)(OC[C@H]1O[C@@H](n2c(Cl)nc3c(N)ncnc32)C(O)C1O)Oc1ccccc1)C(=O)OCc1ccccc1. The van der Waals surface area contributed by atoms with Gasteiger partial charge < -0.3 is 29.9 Å². The van der Waals surface area contributed by atoms with E-state index >= 15 is 0 Å². The van der Waals surface area contributed by atoms with Crippen LogP contribution in [0.1, 0.15) is 25.6 Å². The summed E-state index contributed by atoms with van der Waals surface area (Å²) >= 11 is 6.31. The molecule has 0 saturated carbocycles. The van der Waals surface area contributed by atoms with Gasteiger partial charge in [0, 0.05) is 0 Å². The first-order valence-corrected chi connectivity index (χ1v) is 15.6. The Morgan fingerprint density at radius 1 is 1.11 bits per heavy atom. The van der Waals surface area contributed by atoms with Crippen LogP contribution in [-0.2, 0) is 30.0 Å². The maximum atomic E-state index is 14.2. The second-order valence-electron chi connectivity index (χ2n) is 10.4. The number of para-hydroxylation sites is 1. The van der Waals surface area contributed by atoms with Crippen molar-refractivity contribution in [1.29, 1.82) is 0 Å². The third kappa shape index (κ3) is 7.02. The summed E-state index contributed by atoms with van der Waals surface area (Å²) in [6, 6.07) is 16.3. The molecule has 14 nitrogen and oxygen atoms in total. The molecule has 2 aromatic heterocycles. The number of aromatic nitrogens is 4. The number of hydrogen-bond donors (Lipinski definition) is 4. The van der Waals surface area contributed by atoms with Gasteiger partial charge in [-0.3, -0.25) is 13.9 Å². The molecule has 2 aromatic carbocycles. The van der Waals surface area contributed by atoms with Crippen LogP contribution in [0.3, 0.4) is 0 Å². The second kappa shape index (κ2) is 13.6. The molecule has 1 saturated heterocycles. The summed E-state index contributed by atoms with van der Waals surface area (Å²) in [5, 5.41) is 24.3. The van der Waals surface area contributed by atoms with E-state index in [9.17, 15) is 19.6 Å². The third-order valence-electron chi connectivity index (χ3n) is 6.87. The Hall–Kier alpha value is -3.62. The number of imidazole rings is 1. The zero-order valence-corrected chi connectivity index (χ0v) is 25.4. The number of fused-ring (bicyclic) bond motifs is 1. The Balaban J connectivity index is 1.34. The zero-order chi connectivity index (χ0) is 31.4. The van der Waals surface area contributed by atoms with E-state index in [4.69, 9.17) is 35.9 Å². The van der Waals surface area contributed by atoms with Crippen molar-refractivity contribution in [3.63, 3.8) is 0 Å². The Morgan fingerprint density at radius 3 is 2.48 bits per heavy atom. The molecule has 0 bridgehead atoms. The lowest BCUT2D eigenvalue weighted by molar-refractivity contribution is -0.148. The van der Waals surface area contributed by atoms with Gasteiger partial charge in [-0.15, -0.1) is 0 Å². The molecular formula is C28H32ClN6O8P. The van der Waals surface area contributed by atoms with Crippen LogP contribution in [0.15, 0.2) is 67.0 Å². The van der Waals surface area contributed by atoms with Crippen LogP contribution in [0.25, 0.3) is 11.2 Å².